The molecule has 2 aromatic rings. The van der Waals surface area contributed by atoms with Crippen LogP contribution in [0.4, 0.5) is 4.39 Å². The van der Waals surface area contributed by atoms with Gasteiger partial charge in [-0.2, -0.15) is 0 Å². The van der Waals surface area contributed by atoms with Crippen LogP contribution < -0.4 is 5.32 Å². The van der Waals surface area contributed by atoms with Crippen LogP contribution in [0.1, 0.15) is 43.4 Å². The first-order valence-electron chi connectivity index (χ1n) is 7.50. The van der Waals surface area contributed by atoms with E-state index in [0.717, 1.165) is 6.42 Å². The lowest BCUT2D eigenvalue weighted by Gasteiger charge is -2.32. The lowest BCUT2D eigenvalue weighted by Crippen LogP contribution is -2.28. The van der Waals surface area contributed by atoms with Crippen LogP contribution in [0.3, 0.4) is 0 Å². The number of nitrogens with one attached hydrogen (secondary N) is 1. The second-order valence-electron chi connectivity index (χ2n) is 5.49. The molecule has 3 atom stereocenters. The summed E-state index contributed by atoms with van der Waals surface area (Å²) in [7, 11) is 1.89. The smallest absolute Gasteiger partial charge is 0.146 e. The molecule has 1 aromatic carbocycles. The number of benzene rings is 1. The molecular weight excluding hydrogens is 263 g/mol. The average molecular weight is 286 g/mol. The summed E-state index contributed by atoms with van der Waals surface area (Å²) in [6.45, 7) is 4.40. The zero-order chi connectivity index (χ0) is 15.2. The summed E-state index contributed by atoms with van der Waals surface area (Å²) in [5.74, 6) is 0.414. The number of rotatable bonds is 6. The van der Waals surface area contributed by atoms with Crippen LogP contribution in [0.5, 0.6) is 0 Å². The molecule has 2 nitrogen and oxygen atoms in total. The van der Waals surface area contributed by atoms with E-state index in [0.29, 0.717) is 11.5 Å². The van der Waals surface area contributed by atoms with Crippen LogP contribution in [-0.2, 0) is 0 Å². The van der Waals surface area contributed by atoms with E-state index in [4.69, 9.17) is 0 Å². The maximum Gasteiger partial charge on any atom is 0.146 e. The third-order valence-electron chi connectivity index (χ3n) is 4.25. The Balaban J connectivity index is 2.46. The minimum absolute atomic E-state index is 0.0645. The number of halogens is 1. The standard InChI is InChI=1S/C18H23FN2/c1-4-13(2)17(14-8-6-5-7-9-14)18(20-3)15-10-11-21-12-16(15)19/h5-13,17-18,20H,4H2,1-3H3. The van der Waals surface area contributed by atoms with E-state index in [9.17, 15) is 4.39 Å². The van der Waals surface area contributed by atoms with Gasteiger partial charge in [-0.15, -0.1) is 0 Å². The Kier molecular flexibility index (Phi) is 5.45. The molecule has 1 aromatic heterocycles. The van der Waals surface area contributed by atoms with Crippen LogP contribution in [-0.4, -0.2) is 12.0 Å². The predicted molar refractivity (Wildman–Crippen MR) is 84.6 cm³/mol. The summed E-state index contributed by atoms with van der Waals surface area (Å²) in [5, 5.41) is 3.31. The molecule has 3 heteroatoms. The lowest BCUT2D eigenvalue weighted by molar-refractivity contribution is 0.346. The molecule has 3 unspecified atom stereocenters. The summed E-state index contributed by atoms with van der Waals surface area (Å²) in [5.41, 5.74) is 1.92. The van der Waals surface area contributed by atoms with Crippen LogP contribution in [0, 0.1) is 11.7 Å². The van der Waals surface area contributed by atoms with Crippen molar-refractivity contribution in [3.8, 4) is 0 Å². The van der Waals surface area contributed by atoms with Crippen molar-refractivity contribution < 1.29 is 4.39 Å². The van der Waals surface area contributed by atoms with Crippen molar-refractivity contribution in [3.63, 3.8) is 0 Å². The van der Waals surface area contributed by atoms with Crippen molar-refractivity contribution in [2.75, 3.05) is 7.05 Å². The molecule has 1 heterocycles. The summed E-state index contributed by atoms with van der Waals surface area (Å²) in [6, 6.07) is 12.1. The van der Waals surface area contributed by atoms with Gasteiger partial charge in [-0.25, -0.2) is 4.39 Å². The molecule has 0 amide bonds. The molecule has 0 saturated heterocycles. The lowest BCUT2D eigenvalue weighted by atomic mass is 9.78. The first-order valence-corrected chi connectivity index (χ1v) is 7.50. The van der Waals surface area contributed by atoms with Gasteiger partial charge in [-0.05, 0) is 24.6 Å². The van der Waals surface area contributed by atoms with Crippen molar-refractivity contribution in [3.05, 3.63) is 65.7 Å². The van der Waals surface area contributed by atoms with E-state index >= 15 is 0 Å². The molecule has 1 N–H and O–H groups in total. The van der Waals surface area contributed by atoms with Gasteiger partial charge in [0.2, 0.25) is 0 Å². The Morgan fingerprint density at radius 3 is 2.48 bits per heavy atom. The van der Waals surface area contributed by atoms with Gasteiger partial charge in [0.05, 0.1) is 6.20 Å². The maximum atomic E-state index is 14.2. The van der Waals surface area contributed by atoms with Crippen LogP contribution >= 0.6 is 0 Å². The monoisotopic (exact) mass is 286 g/mol. The highest BCUT2D eigenvalue weighted by Gasteiger charge is 2.29. The first-order chi connectivity index (χ1) is 10.2. The molecule has 0 radical (unpaired) electrons. The Morgan fingerprint density at radius 2 is 1.90 bits per heavy atom. The van der Waals surface area contributed by atoms with Crippen molar-refractivity contribution in [1.82, 2.24) is 10.3 Å². The van der Waals surface area contributed by atoms with E-state index in [1.54, 1.807) is 12.3 Å². The largest absolute Gasteiger partial charge is 0.312 e. The van der Waals surface area contributed by atoms with Crippen LogP contribution in [0.2, 0.25) is 0 Å². The first kappa shape index (κ1) is 15.6. The van der Waals surface area contributed by atoms with E-state index in [2.05, 4.69) is 36.3 Å². The molecule has 0 aliphatic heterocycles. The molecule has 0 spiro atoms. The van der Waals surface area contributed by atoms with Crippen LogP contribution in [0.15, 0.2) is 48.8 Å². The molecular formula is C18H23FN2. The Morgan fingerprint density at radius 1 is 1.19 bits per heavy atom. The highest BCUT2D eigenvalue weighted by molar-refractivity contribution is 5.28. The molecule has 0 saturated carbocycles. The van der Waals surface area contributed by atoms with Crippen LogP contribution in [0.25, 0.3) is 0 Å². The highest BCUT2D eigenvalue weighted by Crippen LogP contribution is 2.38. The fraction of sp³-hybridized carbons (Fsp3) is 0.389. The molecule has 21 heavy (non-hydrogen) atoms. The number of nitrogens with zero attached hydrogens (tertiary/aromatic N) is 1. The molecule has 0 bridgehead atoms. The molecule has 0 fully saturated rings. The summed E-state index contributed by atoms with van der Waals surface area (Å²) < 4.78 is 14.2. The number of hydrogen-bond donors (Lipinski definition) is 1. The van der Waals surface area contributed by atoms with Crippen molar-refractivity contribution in [1.29, 1.82) is 0 Å². The van der Waals surface area contributed by atoms with E-state index in [-0.39, 0.29) is 17.8 Å². The van der Waals surface area contributed by atoms with Gasteiger partial charge in [0, 0.05) is 23.7 Å². The van der Waals surface area contributed by atoms with Gasteiger partial charge in [-0.1, -0.05) is 50.6 Å². The second-order valence-corrected chi connectivity index (χ2v) is 5.49. The van der Waals surface area contributed by atoms with E-state index in [1.165, 1.54) is 11.8 Å². The number of aromatic nitrogens is 1. The number of pyridine rings is 1. The quantitative estimate of drug-likeness (QED) is 0.856. The van der Waals surface area contributed by atoms with Gasteiger partial charge in [0.1, 0.15) is 5.82 Å². The topological polar surface area (TPSA) is 24.9 Å². The van der Waals surface area contributed by atoms with Gasteiger partial charge in [-0.3, -0.25) is 4.98 Å². The van der Waals surface area contributed by atoms with Crippen molar-refractivity contribution in [2.45, 2.75) is 32.2 Å². The minimum atomic E-state index is -0.249. The van der Waals surface area contributed by atoms with Gasteiger partial charge < -0.3 is 5.32 Å². The second kappa shape index (κ2) is 7.32. The predicted octanol–water partition coefficient (Wildman–Crippen LogP) is 4.31. The molecule has 112 valence electrons. The summed E-state index contributed by atoms with van der Waals surface area (Å²) in [6.07, 6.45) is 3.99. The Bertz CT molecular complexity index is 556. The van der Waals surface area contributed by atoms with Gasteiger partial charge in [0.25, 0.3) is 0 Å². The van der Waals surface area contributed by atoms with E-state index in [1.807, 2.05) is 25.2 Å². The third kappa shape index (κ3) is 3.48. The minimum Gasteiger partial charge on any atom is -0.312 e. The average Bonchev–Trinajstić information content (AvgIpc) is 2.53. The number of likely N-dealkylation sites (N-methyl/N-ethyl adjacent to an activating group) is 1. The van der Waals surface area contributed by atoms with Gasteiger partial charge in [0.15, 0.2) is 0 Å². The SMILES string of the molecule is CCC(C)C(c1ccccc1)C(NC)c1ccncc1F. The Hall–Kier alpha value is -1.74. The van der Waals surface area contributed by atoms with Crippen molar-refractivity contribution in [2.24, 2.45) is 5.92 Å². The zero-order valence-corrected chi connectivity index (χ0v) is 12.9. The maximum absolute atomic E-state index is 14.2. The number of hydrogen-bond acceptors (Lipinski definition) is 2. The zero-order valence-electron chi connectivity index (χ0n) is 12.9. The van der Waals surface area contributed by atoms with Crippen molar-refractivity contribution >= 4 is 0 Å². The fourth-order valence-electron chi connectivity index (χ4n) is 2.95. The molecule has 0 aliphatic carbocycles. The molecule has 0 aliphatic rings. The van der Waals surface area contributed by atoms with E-state index < -0.39 is 0 Å². The normalized spacial score (nSPS) is 15.4. The highest BCUT2D eigenvalue weighted by atomic mass is 19.1. The van der Waals surface area contributed by atoms with Gasteiger partial charge >= 0.3 is 0 Å². The molecule has 2 rings (SSSR count). The fourth-order valence-corrected chi connectivity index (χ4v) is 2.95. The summed E-state index contributed by atoms with van der Waals surface area (Å²) >= 11 is 0. The third-order valence-corrected chi connectivity index (χ3v) is 4.25. The Labute approximate surface area is 126 Å². The summed E-state index contributed by atoms with van der Waals surface area (Å²) in [4.78, 5) is 3.86.